The van der Waals surface area contributed by atoms with Gasteiger partial charge in [0.15, 0.2) is 0 Å². The largest absolute Gasteiger partial charge is 0.331 e. The van der Waals surface area contributed by atoms with Crippen LogP contribution in [0.3, 0.4) is 0 Å². The van der Waals surface area contributed by atoms with Crippen LogP contribution >= 0.6 is 27.5 Å². The summed E-state index contributed by atoms with van der Waals surface area (Å²) in [5.74, 6) is 0.0914. The third kappa shape index (κ3) is 3.66. The second-order valence-electron chi connectivity index (χ2n) is 5.30. The molecule has 0 saturated heterocycles. The molecule has 1 saturated carbocycles. The van der Waals surface area contributed by atoms with Crippen molar-refractivity contribution in [2.45, 2.75) is 25.4 Å². The van der Waals surface area contributed by atoms with E-state index in [-0.39, 0.29) is 5.91 Å². The first-order valence-corrected chi connectivity index (χ1v) is 8.11. The van der Waals surface area contributed by atoms with Gasteiger partial charge in [-0.05, 0) is 48.7 Å². The van der Waals surface area contributed by atoms with Gasteiger partial charge in [-0.2, -0.15) is 0 Å². The molecule has 2 aromatic carbocycles. The van der Waals surface area contributed by atoms with Crippen molar-refractivity contribution in [2.75, 3.05) is 0 Å². The quantitative estimate of drug-likeness (QED) is 0.755. The number of amides is 1. The normalized spacial score (nSPS) is 14.0. The summed E-state index contributed by atoms with van der Waals surface area (Å²) in [4.78, 5) is 14.7. The molecular weight excluding hydrogens is 350 g/mol. The average molecular weight is 365 g/mol. The van der Waals surface area contributed by atoms with Gasteiger partial charge in [-0.1, -0.05) is 45.7 Å². The summed E-state index contributed by atoms with van der Waals surface area (Å²) < 4.78 is 0.926. The molecular formula is C17H15BrClNO. The van der Waals surface area contributed by atoms with Crippen molar-refractivity contribution in [2.24, 2.45) is 0 Å². The summed E-state index contributed by atoms with van der Waals surface area (Å²) in [6, 6.07) is 15.6. The van der Waals surface area contributed by atoms with Crippen LogP contribution in [0.2, 0.25) is 5.02 Å². The van der Waals surface area contributed by atoms with E-state index in [1.54, 1.807) is 0 Å². The van der Waals surface area contributed by atoms with Gasteiger partial charge in [-0.15, -0.1) is 0 Å². The van der Waals surface area contributed by atoms with Crippen LogP contribution in [0.25, 0.3) is 0 Å². The molecule has 0 unspecified atom stereocenters. The molecule has 1 amide bonds. The molecule has 4 heteroatoms. The molecule has 0 aliphatic heterocycles. The minimum Gasteiger partial charge on any atom is -0.331 e. The zero-order chi connectivity index (χ0) is 14.8. The third-order valence-corrected chi connectivity index (χ3v) is 4.33. The van der Waals surface area contributed by atoms with Gasteiger partial charge >= 0.3 is 0 Å². The molecule has 0 bridgehead atoms. The molecule has 108 valence electrons. The monoisotopic (exact) mass is 363 g/mol. The van der Waals surface area contributed by atoms with E-state index in [1.807, 2.05) is 53.4 Å². The molecule has 0 atom stereocenters. The van der Waals surface area contributed by atoms with Gasteiger partial charge in [0, 0.05) is 27.6 Å². The topological polar surface area (TPSA) is 20.3 Å². The Hall–Kier alpha value is -1.32. The number of benzene rings is 2. The maximum Gasteiger partial charge on any atom is 0.254 e. The van der Waals surface area contributed by atoms with Crippen molar-refractivity contribution in [1.82, 2.24) is 4.90 Å². The maximum absolute atomic E-state index is 12.7. The number of carbonyl (C=O) groups is 1. The standard InChI is InChI=1S/C17H15BrClNO/c18-14-3-1-2-13(10-14)17(21)20(16-8-9-16)11-12-4-6-15(19)7-5-12/h1-7,10,16H,8-9,11H2. The van der Waals surface area contributed by atoms with Gasteiger partial charge < -0.3 is 4.90 Å². The second-order valence-corrected chi connectivity index (χ2v) is 6.65. The summed E-state index contributed by atoms with van der Waals surface area (Å²) in [5, 5.41) is 0.718. The second kappa shape index (κ2) is 6.20. The minimum atomic E-state index is 0.0914. The molecule has 1 aliphatic rings. The lowest BCUT2D eigenvalue weighted by molar-refractivity contribution is 0.0730. The highest BCUT2D eigenvalue weighted by Gasteiger charge is 2.33. The molecule has 1 aliphatic carbocycles. The summed E-state index contributed by atoms with van der Waals surface area (Å²) in [6.07, 6.45) is 2.18. The Morgan fingerprint density at radius 1 is 1.19 bits per heavy atom. The van der Waals surface area contributed by atoms with E-state index in [0.717, 1.165) is 33.5 Å². The molecule has 0 aromatic heterocycles. The molecule has 2 nitrogen and oxygen atoms in total. The van der Waals surface area contributed by atoms with E-state index in [2.05, 4.69) is 15.9 Å². The van der Waals surface area contributed by atoms with Gasteiger partial charge in [0.05, 0.1) is 0 Å². The Kier molecular flexibility index (Phi) is 4.32. The van der Waals surface area contributed by atoms with Crippen molar-refractivity contribution < 1.29 is 4.79 Å². The number of rotatable bonds is 4. The van der Waals surface area contributed by atoms with Crippen LogP contribution in [0.15, 0.2) is 53.0 Å². The van der Waals surface area contributed by atoms with Crippen LogP contribution in [0.1, 0.15) is 28.8 Å². The van der Waals surface area contributed by atoms with Crippen molar-refractivity contribution in [3.05, 3.63) is 69.2 Å². The molecule has 21 heavy (non-hydrogen) atoms. The fraction of sp³-hybridized carbons (Fsp3) is 0.235. The lowest BCUT2D eigenvalue weighted by atomic mass is 10.1. The fourth-order valence-electron chi connectivity index (χ4n) is 2.33. The molecule has 0 radical (unpaired) electrons. The van der Waals surface area contributed by atoms with Gasteiger partial charge in [-0.3, -0.25) is 4.79 Å². The van der Waals surface area contributed by atoms with Gasteiger partial charge in [0.25, 0.3) is 5.91 Å². The average Bonchev–Trinajstić information content (AvgIpc) is 3.30. The van der Waals surface area contributed by atoms with E-state index < -0.39 is 0 Å². The SMILES string of the molecule is O=C(c1cccc(Br)c1)N(Cc1ccc(Cl)cc1)C1CC1. The number of hydrogen-bond donors (Lipinski definition) is 0. The summed E-state index contributed by atoms with van der Waals surface area (Å²) in [6.45, 7) is 0.632. The van der Waals surface area contributed by atoms with E-state index in [9.17, 15) is 4.79 Å². The number of hydrogen-bond acceptors (Lipinski definition) is 1. The van der Waals surface area contributed by atoms with Gasteiger partial charge in [-0.25, -0.2) is 0 Å². The third-order valence-electron chi connectivity index (χ3n) is 3.59. The van der Waals surface area contributed by atoms with Crippen molar-refractivity contribution >= 4 is 33.4 Å². The molecule has 0 spiro atoms. The highest BCUT2D eigenvalue weighted by Crippen LogP contribution is 2.30. The molecule has 0 N–H and O–H groups in total. The number of nitrogens with zero attached hydrogens (tertiary/aromatic N) is 1. The molecule has 0 heterocycles. The Balaban J connectivity index is 1.81. The zero-order valence-electron chi connectivity index (χ0n) is 11.4. The summed E-state index contributed by atoms with van der Waals surface area (Å²) in [5.41, 5.74) is 1.83. The predicted octanol–water partition coefficient (Wildman–Crippen LogP) is 4.91. The maximum atomic E-state index is 12.7. The number of carbonyl (C=O) groups excluding carboxylic acids is 1. The molecule has 2 aromatic rings. The van der Waals surface area contributed by atoms with Crippen LogP contribution in [0, 0.1) is 0 Å². The van der Waals surface area contributed by atoms with Crippen LogP contribution < -0.4 is 0 Å². The van der Waals surface area contributed by atoms with Crippen molar-refractivity contribution in [3.8, 4) is 0 Å². The molecule has 3 rings (SSSR count). The molecule has 1 fully saturated rings. The zero-order valence-corrected chi connectivity index (χ0v) is 13.8. The van der Waals surface area contributed by atoms with Crippen LogP contribution in [-0.4, -0.2) is 16.8 Å². The first kappa shape index (κ1) is 14.6. The van der Waals surface area contributed by atoms with Gasteiger partial charge in [0.2, 0.25) is 0 Å². The predicted molar refractivity (Wildman–Crippen MR) is 88.5 cm³/mol. The number of halogens is 2. The van der Waals surface area contributed by atoms with Crippen LogP contribution in [0.5, 0.6) is 0 Å². The van der Waals surface area contributed by atoms with E-state index >= 15 is 0 Å². The van der Waals surface area contributed by atoms with E-state index in [1.165, 1.54) is 0 Å². The van der Waals surface area contributed by atoms with Crippen LogP contribution in [-0.2, 0) is 6.54 Å². The Labute approximate surface area is 137 Å². The van der Waals surface area contributed by atoms with E-state index in [0.29, 0.717) is 12.6 Å². The lowest BCUT2D eigenvalue weighted by Crippen LogP contribution is -2.32. The first-order valence-electron chi connectivity index (χ1n) is 6.94. The minimum absolute atomic E-state index is 0.0914. The van der Waals surface area contributed by atoms with Gasteiger partial charge in [0.1, 0.15) is 0 Å². The fourth-order valence-corrected chi connectivity index (χ4v) is 2.85. The highest BCUT2D eigenvalue weighted by molar-refractivity contribution is 9.10. The Morgan fingerprint density at radius 3 is 2.52 bits per heavy atom. The Bertz CT molecular complexity index is 652. The smallest absolute Gasteiger partial charge is 0.254 e. The lowest BCUT2D eigenvalue weighted by Gasteiger charge is -2.23. The summed E-state index contributed by atoms with van der Waals surface area (Å²) in [7, 11) is 0. The Morgan fingerprint density at radius 2 is 1.90 bits per heavy atom. The highest BCUT2D eigenvalue weighted by atomic mass is 79.9. The summed E-state index contributed by atoms with van der Waals surface area (Å²) >= 11 is 9.33. The van der Waals surface area contributed by atoms with Crippen molar-refractivity contribution in [3.63, 3.8) is 0 Å². The first-order chi connectivity index (χ1) is 10.1. The van der Waals surface area contributed by atoms with Crippen LogP contribution in [0.4, 0.5) is 0 Å². The van der Waals surface area contributed by atoms with Crippen molar-refractivity contribution in [1.29, 1.82) is 0 Å². The van der Waals surface area contributed by atoms with E-state index in [4.69, 9.17) is 11.6 Å².